The number of ether oxygens (including phenoxy) is 2. The van der Waals surface area contributed by atoms with Crippen LogP contribution in [0.15, 0.2) is 36.9 Å². The van der Waals surface area contributed by atoms with Gasteiger partial charge in [-0.05, 0) is 25.0 Å². The van der Waals surface area contributed by atoms with E-state index in [0.717, 1.165) is 17.7 Å². The highest BCUT2D eigenvalue weighted by molar-refractivity contribution is 5.82. The van der Waals surface area contributed by atoms with E-state index in [4.69, 9.17) is 9.47 Å². The monoisotopic (exact) mass is 428 g/mol. The molecule has 31 heavy (non-hydrogen) atoms. The largest absolute Gasteiger partial charge is 0.489 e. The zero-order valence-electron chi connectivity index (χ0n) is 16.8. The van der Waals surface area contributed by atoms with Crippen LogP contribution < -0.4 is 15.6 Å². The van der Waals surface area contributed by atoms with Gasteiger partial charge < -0.3 is 30.2 Å². The molecule has 2 aliphatic rings. The molecule has 3 aromatic rings. The fourth-order valence-electron chi connectivity index (χ4n) is 4.04. The van der Waals surface area contributed by atoms with Crippen LogP contribution in [0.3, 0.4) is 0 Å². The number of nitrogens with zero attached hydrogens (tertiary/aromatic N) is 4. The Bertz CT molecular complexity index is 1080. The second-order valence-electron chi connectivity index (χ2n) is 7.79. The summed E-state index contributed by atoms with van der Waals surface area (Å²) in [5.74, 6) is 1.36. The Labute approximate surface area is 177 Å². The molecule has 164 valence electrons. The summed E-state index contributed by atoms with van der Waals surface area (Å²) in [5, 5.41) is 29.7. The molecule has 6 atom stereocenters. The van der Waals surface area contributed by atoms with Crippen molar-refractivity contribution in [2.45, 2.75) is 50.0 Å². The summed E-state index contributed by atoms with van der Waals surface area (Å²) in [7, 11) is 0. The molecule has 0 spiro atoms. The molecular weight excluding hydrogens is 404 g/mol. The number of anilines is 1. The van der Waals surface area contributed by atoms with Crippen LogP contribution in [0.4, 0.5) is 5.82 Å². The predicted molar refractivity (Wildman–Crippen MR) is 109 cm³/mol. The Balaban J connectivity index is 1.35. The van der Waals surface area contributed by atoms with Crippen molar-refractivity contribution in [1.29, 1.82) is 0 Å². The molecule has 4 heterocycles. The molecule has 0 saturated carbocycles. The minimum atomic E-state index is -1.22. The fraction of sp³-hybridized carbons (Fsp3) is 0.450. The van der Waals surface area contributed by atoms with Crippen molar-refractivity contribution in [3.63, 3.8) is 0 Å². The van der Waals surface area contributed by atoms with Crippen LogP contribution in [0.1, 0.15) is 18.7 Å². The number of para-hydroxylation sites is 1. The molecule has 2 aliphatic heterocycles. The van der Waals surface area contributed by atoms with Crippen LogP contribution >= 0.6 is 0 Å². The van der Waals surface area contributed by atoms with Crippen molar-refractivity contribution in [3.8, 4) is 5.75 Å². The Morgan fingerprint density at radius 1 is 1.16 bits per heavy atom. The van der Waals surface area contributed by atoms with Gasteiger partial charge in [0.05, 0.1) is 19.0 Å². The van der Waals surface area contributed by atoms with Gasteiger partial charge in [-0.15, -0.1) is 0 Å². The maximum atomic E-state index is 10.3. The number of benzene rings is 1. The Morgan fingerprint density at radius 3 is 2.81 bits per heavy atom. The molecule has 0 unspecified atom stereocenters. The van der Waals surface area contributed by atoms with Gasteiger partial charge in [-0.1, -0.05) is 18.2 Å². The van der Waals surface area contributed by atoms with E-state index in [1.807, 2.05) is 31.2 Å². The third-order valence-electron chi connectivity index (χ3n) is 5.82. The lowest BCUT2D eigenvalue weighted by Gasteiger charge is -2.32. The lowest BCUT2D eigenvalue weighted by Crippen LogP contribution is -2.48. The number of hydrazine groups is 1. The molecule has 11 heteroatoms. The Hall–Kier alpha value is -2.83. The third-order valence-corrected chi connectivity index (χ3v) is 5.82. The Kier molecular flexibility index (Phi) is 5.20. The maximum Gasteiger partial charge on any atom is 0.171 e. The number of nitrogens with one attached hydrogen (secondary N) is 2. The first kappa shape index (κ1) is 20.1. The highest BCUT2D eigenvalue weighted by atomic mass is 16.6. The number of hydrogen-bond donors (Lipinski definition) is 5. The molecule has 1 aromatic carbocycles. The lowest BCUT2D eigenvalue weighted by atomic mass is 9.98. The van der Waals surface area contributed by atoms with Gasteiger partial charge in [-0.2, -0.15) is 0 Å². The summed E-state index contributed by atoms with van der Waals surface area (Å²) in [6.45, 7) is 1.60. The smallest absolute Gasteiger partial charge is 0.171 e. The molecule has 1 fully saturated rings. The Morgan fingerprint density at radius 2 is 2.00 bits per heavy atom. The first-order chi connectivity index (χ1) is 15.1. The van der Waals surface area contributed by atoms with Gasteiger partial charge in [0.15, 0.2) is 23.2 Å². The summed E-state index contributed by atoms with van der Waals surface area (Å²) in [6, 6.07) is 7.96. The van der Waals surface area contributed by atoms with Gasteiger partial charge in [0.2, 0.25) is 0 Å². The highest BCUT2D eigenvalue weighted by Gasteiger charge is 2.44. The molecule has 11 nitrogen and oxygen atoms in total. The zero-order valence-corrected chi connectivity index (χ0v) is 16.8. The average molecular weight is 428 g/mol. The molecular formula is C20H24N6O5. The summed E-state index contributed by atoms with van der Waals surface area (Å²) in [6.07, 6.45) is -0.657. The van der Waals surface area contributed by atoms with E-state index in [0.29, 0.717) is 17.0 Å². The second kappa shape index (κ2) is 8.02. The summed E-state index contributed by atoms with van der Waals surface area (Å²) in [4.78, 5) is 12.9. The van der Waals surface area contributed by atoms with Crippen LogP contribution in [0.5, 0.6) is 5.75 Å². The molecule has 5 rings (SSSR count). The number of imidazole rings is 1. The van der Waals surface area contributed by atoms with E-state index in [-0.39, 0.29) is 12.1 Å². The first-order valence-electron chi connectivity index (χ1n) is 10.1. The van der Waals surface area contributed by atoms with Crippen molar-refractivity contribution in [2.24, 2.45) is 0 Å². The minimum absolute atomic E-state index is 0.00227. The molecule has 0 aliphatic carbocycles. The second-order valence-corrected chi connectivity index (χ2v) is 7.79. The van der Waals surface area contributed by atoms with Gasteiger partial charge in [-0.25, -0.2) is 20.4 Å². The molecule has 0 radical (unpaired) electrons. The third kappa shape index (κ3) is 3.50. The van der Waals surface area contributed by atoms with Crippen molar-refractivity contribution in [3.05, 3.63) is 42.5 Å². The van der Waals surface area contributed by atoms with E-state index < -0.39 is 31.1 Å². The molecule has 0 bridgehead atoms. The summed E-state index contributed by atoms with van der Waals surface area (Å²) >= 11 is 0. The van der Waals surface area contributed by atoms with Crippen LogP contribution in [-0.4, -0.2) is 71.9 Å². The summed E-state index contributed by atoms with van der Waals surface area (Å²) in [5.41, 5.74) is 8.40. The number of aliphatic hydroxyl groups excluding tert-OH is 3. The van der Waals surface area contributed by atoms with Gasteiger partial charge in [-0.3, -0.25) is 4.57 Å². The van der Waals surface area contributed by atoms with Crippen LogP contribution in [-0.2, 0) is 11.2 Å². The average Bonchev–Trinajstić information content (AvgIpc) is 3.33. The van der Waals surface area contributed by atoms with Crippen molar-refractivity contribution in [2.75, 3.05) is 12.0 Å². The van der Waals surface area contributed by atoms with Crippen molar-refractivity contribution >= 4 is 17.0 Å². The maximum absolute atomic E-state index is 10.3. The van der Waals surface area contributed by atoms with E-state index in [9.17, 15) is 15.3 Å². The van der Waals surface area contributed by atoms with E-state index >= 15 is 0 Å². The predicted octanol–water partition coefficient (Wildman–Crippen LogP) is -0.254. The number of aromatic nitrogens is 4. The normalized spacial score (nSPS) is 30.2. The molecule has 2 aromatic heterocycles. The first-order valence-corrected chi connectivity index (χ1v) is 10.1. The van der Waals surface area contributed by atoms with Crippen LogP contribution in [0, 0.1) is 0 Å². The standard InChI is InChI=1S/C20H24N6O5/c1-10-12(6-11-4-2-3-5-13(11)30-10)24-25-18-15-19(22-8-21-18)26(9-23-15)20-17(29)16(28)14(7-27)31-20/h2-5,8-10,12,14,16-17,20,24,27-29H,6-7H2,1H3,(H,21,22,25)/t10-,12-,14+,16+,17+,20+/m0/s1. The van der Waals surface area contributed by atoms with Crippen LogP contribution in [0.2, 0.25) is 0 Å². The van der Waals surface area contributed by atoms with Crippen LogP contribution in [0.25, 0.3) is 11.2 Å². The number of fused-ring (bicyclic) bond motifs is 2. The fourth-order valence-corrected chi connectivity index (χ4v) is 4.04. The van der Waals surface area contributed by atoms with Gasteiger partial charge in [0.1, 0.15) is 36.5 Å². The topological polar surface area (TPSA) is 147 Å². The van der Waals surface area contributed by atoms with E-state index in [2.05, 4.69) is 25.8 Å². The van der Waals surface area contributed by atoms with Crippen molar-refractivity contribution < 1.29 is 24.8 Å². The zero-order chi connectivity index (χ0) is 21.5. The van der Waals surface area contributed by atoms with Crippen molar-refractivity contribution in [1.82, 2.24) is 24.9 Å². The van der Waals surface area contributed by atoms with Gasteiger partial charge in [0, 0.05) is 0 Å². The highest BCUT2D eigenvalue weighted by Crippen LogP contribution is 2.32. The molecule has 5 N–H and O–H groups in total. The van der Waals surface area contributed by atoms with Gasteiger partial charge in [0.25, 0.3) is 0 Å². The van der Waals surface area contributed by atoms with E-state index in [1.54, 1.807) is 0 Å². The SMILES string of the molecule is C[C@@H]1Oc2ccccc2C[C@@H]1NNc1ncnc2c1ncn2[C@@H]1O[C@H](CO)[C@@H](O)[C@H]1O. The molecule has 1 saturated heterocycles. The minimum Gasteiger partial charge on any atom is -0.489 e. The van der Waals surface area contributed by atoms with Gasteiger partial charge >= 0.3 is 0 Å². The van der Waals surface area contributed by atoms with E-state index in [1.165, 1.54) is 17.2 Å². The number of hydrogen-bond acceptors (Lipinski definition) is 10. The summed E-state index contributed by atoms with van der Waals surface area (Å²) < 4.78 is 13.1. The lowest BCUT2D eigenvalue weighted by molar-refractivity contribution is -0.0511. The number of rotatable bonds is 5. The quantitative estimate of drug-likeness (QED) is 0.345. The number of aliphatic hydroxyl groups is 3. The molecule has 0 amide bonds.